The molecule has 2 aliphatic heterocycles. The summed E-state index contributed by atoms with van der Waals surface area (Å²) in [4.78, 5) is 14.5. The van der Waals surface area contributed by atoms with Crippen molar-refractivity contribution in [3.63, 3.8) is 0 Å². The topological polar surface area (TPSA) is 50.8 Å². The van der Waals surface area contributed by atoms with Crippen molar-refractivity contribution >= 4 is 5.91 Å². The van der Waals surface area contributed by atoms with E-state index in [0.717, 1.165) is 43.1 Å². The van der Waals surface area contributed by atoms with Crippen molar-refractivity contribution in [3.05, 3.63) is 59.2 Å². The summed E-state index contributed by atoms with van der Waals surface area (Å²) in [5.41, 5.74) is 3.84. The highest BCUT2D eigenvalue weighted by Gasteiger charge is 2.17. The van der Waals surface area contributed by atoms with E-state index < -0.39 is 0 Å². The van der Waals surface area contributed by atoms with Crippen molar-refractivity contribution < 1.29 is 14.3 Å². The van der Waals surface area contributed by atoms with Gasteiger partial charge in [-0.15, -0.1) is 0 Å². The van der Waals surface area contributed by atoms with Crippen molar-refractivity contribution in [1.82, 2.24) is 10.2 Å². The van der Waals surface area contributed by atoms with Crippen LogP contribution in [-0.2, 0) is 24.3 Å². The Morgan fingerprint density at radius 3 is 2.84 bits per heavy atom. The molecule has 0 atom stereocenters. The molecular weight excluding hydrogens is 316 g/mol. The van der Waals surface area contributed by atoms with Gasteiger partial charge in [0.1, 0.15) is 0 Å². The van der Waals surface area contributed by atoms with Gasteiger partial charge in [0.25, 0.3) is 0 Å². The summed E-state index contributed by atoms with van der Waals surface area (Å²) in [5, 5.41) is 2.99. The van der Waals surface area contributed by atoms with Gasteiger partial charge in [-0.2, -0.15) is 0 Å². The molecule has 0 radical (unpaired) electrons. The summed E-state index contributed by atoms with van der Waals surface area (Å²) in [5.74, 6) is 1.59. The fraction of sp³-hybridized carbons (Fsp3) is 0.350. The Bertz CT molecular complexity index is 775. The Balaban J connectivity index is 1.23. The van der Waals surface area contributed by atoms with Crippen LogP contribution >= 0.6 is 0 Å². The molecule has 4 rings (SSSR count). The molecule has 25 heavy (non-hydrogen) atoms. The van der Waals surface area contributed by atoms with Crippen molar-refractivity contribution in [3.8, 4) is 11.5 Å². The highest BCUT2D eigenvalue weighted by atomic mass is 16.7. The van der Waals surface area contributed by atoms with Crippen LogP contribution in [-0.4, -0.2) is 30.7 Å². The van der Waals surface area contributed by atoms with Gasteiger partial charge in [-0.3, -0.25) is 9.69 Å². The van der Waals surface area contributed by atoms with Gasteiger partial charge in [-0.1, -0.05) is 30.3 Å². The zero-order valence-corrected chi connectivity index (χ0v) is 14.2. The maximum absolute atomic E-state index is 12.1. The lowest BCUT2D eigenvalue weighted by atomic mass is 10.00. The van der Waals surface area contributed by atoms with Crippen molar-refractivity contribution in [2.75, 3.05) is 19.9 Å². The fourth-order valence-corrected chi connectivity index (χ4v) is 3.34. The Labute approximate surface area is 147 Å². The van der Waals surface area contributed by atoms with Crippen LogP contribution in [0.5, 0.6) is 11.5 Å². The van der Waals surface area contributed by atoms with Gasteiger partial charge < -0.3 is 14.8 Å². The number of hydrogen-bond donors (Lipinski definition) is 1. The number of nitrogens with one attached hydrogen (secondary N) is 1. The lowest BCUT2D eigenvalue weighted by Gasteiger charge is -2.28. The van der Waals surface area contributed by atoms with Gasteiger partial charge in [0, 0.05) is 32.6 Å². The molecule has 2 aromatic carbocycles. The number of nitrogens with zero attached hydrogens (tertiary/aromatic N) is 1. The predicted molar refractivity (Wildman–Crippen MR) is 94.5 cm³/mol. The molecule has 130 valence electrons. The number of benzene rings is 2. The molecule has 0 bridgehead atoms. The van der Waals surface area contributed by atoms with Gasteiger partial charge in [-0.25, -0.2) is 0 Å². The average Bonchev–Trinajstić information content (AvgIpc) is 3.12. The second-order valence-electron chi connectivity index (χ2n) is 6.51. The van der Waals surface area contributed by atoms with E-state index in [1.54, 1.807) is 0 Å². The summed E-state index contributed by atoms with van der Waals surface area (Å²) in [6.07, 6.45) is 1.59. The first-order valence-electron chi connectivity index (χ1n) is 8.72. The normalized spacial score (nSPS) is 15.7. The van der Waals surface area contributed by atoms with E-state index in [1.807, 2.05) is 18.2 Å². The van der Waals surface area contributed by atoms with Crippen molar-refractivity contribution in [1.29, 1.82) is 0 Å². The highest BCUT2D eigenvalue weighted by Crippen LogP contribution is 2.32. The van der Waals surface area contributed by atoms with Gasteiger partial charge in [0.05, 0.1) is 0 Å². The minimum absolute atomic E-state index is 0.0801. The Morgan fingerprint density at radius 1 is 1.08 bits per heavy atom. The van der Waals surface area contributed by atoms with Crippen LogP contribution in [0.1, 0.15) is 23.1 Å². The largest absolute Gasteiger partial charge is 0.454 e. The number of fused-ring (bicyclic) bond motifs is 2. The molecular formula is C20H22N2O3. The zero-order valence-electron chi connectivity index (χ0n) is 14.2. The molecule has 1 N–H and O–H groups in total. The molecule has 2 aromatic rings. The van der Waals surface area contributed by atoms with E-state index in [9.17, 15) is 4.79 Å². The Hall–Kier alpha value is -2.53. The fourth-order valence-electron chi connectivity index (χ4n) is 3.34. The SMILES string of the molecule is O=C(CCN1CCc2ccccc2C1)NCc1ccc2c(c1)OCO2. The third-order valence-electron chi connectivity index (χ3n) is 4.79. The van der Waals surface area contributed by atoms with E-state index in [2.05, 4.69) is 34.5 Å². The van der Waals surface area contributed by atoms with Gasteiger partial charge in [0.2, 0.25) is 12.7 Å². The molecule has 5 heteroatoms. The highest BCUT2D eigenvalue weighted by molar-refractivity contribution is 5.76. The number of amides is 1. The van der Waals surface area contributed by atoms with E-state index in [0.29, 0.717) is 13.0 Å². The van der Waals surface area contributed by atoms with Crippen molar-refractivity contribution in [2.45, 2.75) is 25.9 Å². The molecule has 0 fully saturated rings. The van der Waals surface area contributed by atoms with Crippen molar-refractivity contribution in [2.24, 2.45) is 0 Å². The van der Waals surface area contributed by atoms with Crippen LogP contribution in [0.3, 0.4) is 0 Å². The Morgan fingerprint density at radius 2 is 1.92 bits per heavy atom. The molecule has 0 saturated heterocycles. The molecule has 0 aromatic heterocycles. The summed E-state index contributed by atoms with van der Waals surface area (Å²) in [7, 11) is 0. The van der Waals surface area contributed by atoms with Gasteiger partial charge in [-0.05, 0) is 35.2 Å². The van der Waals surface area contributed by atoms with Crippen LogP contribution in [0.25, 0.3) is 0 Å². The van der Waals surface area contributed by atoms with Gasteiger partial charge in [0.15, 0.2) is 11.5 Å². The lowest BCUT2D eigenvalue weighted by Crippen LogP contribution is -2.34. The molecule has 2 heterocycles. The minimum atomic E-state index is 0.0801. The maximum atomic E-state index is 12.1. The van der Waals surface area contributed by atoms with E-state index in [1.165, 1.54) is 11.1 Å². The molecule has 0 saturated carbocycles. The third-order valence-corrected chi connectivity index (χ3v) is 4.79. The van der Waals surface area contributed by atoms with Crippen LogP contribution in [0, 0.1) is 0 Å². The molecule has 5 nitrogen and oxygen atoms in total. The minimum Gasteiger partial charge on any atom is -0.454 e. The number of ether oxygens (including phenoxy) is 2. The first-order chi connectivity index (χ1) is 12.3. The second-order valence-corrected chi connectivity index (χ2v) is 6.51. The third kappa shape index (κ3) is 3.77. The number of hydrogen-bond acceptors (Lipinski definition) is 4. The average molecular weight is 338 g/mol. The molecule has 2 aliphatic rings. The monoisotopic (exact) mass is 338 g/mol. The maximum Gasteiger partial charge on any atom is 0.231 e. The molecule has 1 amide bonds. The van der Waals surface area contributed by atoms with E-state index in [-0.39, 0.29) is 12.7 Å². The summed E-state index contributed by atoms with van der Waals surface area (Å²) in [6.45, 7) is 3.53. The van der Waals surface area contributed by atoms with Gasteiger partial charge >= 0.3 is 0 Å². The first-order valence-corrected chi connectivity index (χ1v) is 8.72. The summed E-state index contributed by atoms with van der Waals surface area (Å²) < 4.78 is 10.7. The van der Waals surface area contributed by atoms with E-state index >= 15 is 0 Å². The summed E-state index contributed by atoms with van der Waals surface area (Å²) in [6, 6.07) is 14.3. The predicted octanol–water partition coefficient (Wildman–Crippen LogP) is 2.48. The van der Waals surface area contributed by atoms with Crippen LogP contribution in [0.4, 0.5) is 0 Å². The zero-order chi connectivity index (χ0) is 17.1. The molecule has 0 aliphatic carbocycles. The smallest absolute Gasteiger partial charge is 0.231 e. The number of carbonyl (C=O) groups is 1. The number of rotatable bonds is 5. The standard InChI is InChI=1S/C20H22N2O3/c23-20(21-12-15-5-6-18-19(11-15)25-14-24-18)8-10-22-9-7-16-3-1-2-4-17(16)13-22/h1-6,11H,7-10,12-14H2,(H,21,23). The van der Waals surface area contributed by atoms with Crippen LogP contribution < -0.4 is 14.8 Å². The summed E-state index contributed by atoms with van der Waals surface area (Å²) >= 11 is 0. The number of carbonyl (C=O) groups excluding carboxylic acids is 1. The first kappa shape index (κ1) is 16.0. The molecule has 0 spiro atoms. The van der Waals surface area contributed by atoms with Crippen LogP contribution in [0.2, 0.25) is 0 Å². The van der Waals surface area contributed by atoms with E-state index in [4.69, 9.17) is 9.47 Å². The Kier molecular flexibility index (Phi) is 4.57. The second kappa shape index (κ2) is 7.15. The van der Waals surface area contributed by atoms with Crippen LogP contribution in [0.15, 0.2) is 42.5 Å². The quantitative estimate of drug-likeness (QED) is 0.910. The lowest BCUT2D eigenvalue weighted by molar-refractivity contribution is -0.121. The molecule has 0 unspecified atom stereocenters.